The number of hydrogen-bond acceptors (Lipinski definition) is 5. The van der Waals surface area contributed by atoms with Gasteiger partial charge in [0.05, 0.1) is 17.9 Å². The van der Waals surface area contributed by atoms with Gasteiger partial charge >= 0.3 is 0 Å². The minimum Gasteiger partial charge on any atom is -0.326 e. The molecular formula is C19H15BrClN3O2S2. The van der Waals surface area contributed by atoms with Crippen LogP contribution in [-0.4, -0.2) is 22.6 Å². The molecule has 1 aromatic heterocycles. The van der Waals surface area contributed by atoms with E-state index in [0.717, 1.165) is 14.5 Å². The molecule has 0 spiro atoms. The molecule has 1 heterocycles. The lowest BCUT2D eigenvalue weighted by Crippen LogP contribution is -2.14. The second kappa shape index (κ2) is 10.1. The SMILES string of the molecule is O=C(CSc1nc(CC(=O)Nc2cccc(Br)c2)cs1)Nc1ccc(Cl)cc1. The maximum atomic E-state index is 12.2. The number of amides is 2. The van der Waals surface area contributed by atoms with Crippen LogP contribution in [0.4, 0.5) is 11.4 Å². The van der Waals surface area contributed by atoms with E-state index in [1.165, 1.54) is 23.1 Å². The Morgan fingerprint density at radius 2 is 1.82 bits per heavy atom. The Kier molecular flexibility index (Phi) is 7.50. The maximum absolute atomic E-state index is 12.2. The second-order valence-corrected chi connectivity index (χ2v) is 9.12. The van der Waals surface area contributed by atoms with Gasteiger partial charge in [0.25, 0.3) is 0 Å². The molecule has 3 rings (SSSR count). The summed E-state index contributed by atoms with van der Waals surface area (Å²) in [5, 5.41) is 8.09. The van der Waals surface area contributed by atoms with Crippen molar-refractivity contribution >= 4 is 73.8 Å². The smallest absolute Gasteiger partial charge is 0.234 e. The van der Waals surface area contributed by atoms with E-state index in [-0.39, 0.29) is 24.0 Å². The van der Waals surface area contributed by atoms with Crippen LogP contribution in [0.15, 0.2) is 62.7 Å². The lowest BCUT2D eigenvalue weighted by atomic mass is 10.3. The minimum atomic E-state index is -0.138. The standard InChI is InChI=1S/C19H15BrClN3O2S2/c20-12-2-1-3-15(8-12)23-17(25)9-16-10-27-19(24-16)28-11-18(26)22-14-6-4-13(21)5-7-14/h1-8,10H,9,11H2,(H,22,26)(H,23,25). The van der Waals surface area contributed by atoms with Gasteiger partial charge in [0.2, 0.25) is 11.8 Å². The number of nitrogens with zero attached hydrogens (tertiary/aromatic N) is 1. The number of anilines is 2. The fourth-order valence-corrected chi connectivity index (χ4v) is 4.40. The Morgan fingerprint density at radius 3 is 2.57 bits per heavy atom. The van der Waals surface area contributed by atoms with Gasteiger partial charge in [0.1, 0.15) is 0 Å². The Balaban J connectivity index is 1.46. The predicted octanol–water partition coefficient (Wildman–Crippen LogP) is 5.47. The van der Waals surface area contributed by atoms with Crippen LogP contribution in [0.25, 0.3) is 0 Å². The van der Waals surface area contributed by atoms with Gasteiger partial charge in [0, 0.05) is 26.3 Å². The largest absolute Gasteiger partial charge is 0.326 e. The second-order valence-electron chi connectivity index (χ2n) is 5.68. The van der Waals surface area contributed by atoms with Crippen molar-refractivity contribution in [1.29, 1.82) is 0 Å². The van der Waals surface area contributed by atoms with Crippen LogP contribution in [-0.2, 0) is 16.0 Å². The monoisotopic (exact) mass is 495 g/mol. The number of thioether (sulfide) groups is 1. The highest BCUT2D eigenvalue weighted by molar-refractivity contribution is 9.10. The highest BCUT2D eigenvalue weighted by Crippen LogP contribution is 2.24. The van der Waals surface area contributed by atoms with Gasteiger partial charge in [-0.15, -0.1) is 11.3 Å². The molecule has 5 nitrogen and oxygen atoms in total. The number of carbonyl (C=O) groups excluding carboxylic acids is 2. The summed E-state index contributed by atoms with van der Waals surface area (Å²) in [6.45, 7) is 0. The molecule has 0 unspecified atom stereocenters. The first kappa shape index (κ1) is 20.9. The molecule has 0 saturated heterocycles. The molecular weight excluding hydrogens is 482 g/mol. The Hall–Kier alpha value is -1.87. The van der Waals surface area contributed by atoms with Gasteiger partial charge < -0.3 is 10.6 Å². The number of hydrogen-bond donors (Lipinski definition) is 2. The van der Waals surface area contributed by atoms with Crippen molar-refractivity contribution in [2.75, 3.05) is 16.4 Å². The molecule has 28 heavy (non-hydrogen) atoms. The summed E-state index contributed by atoms with van der Waals surface area (Å²) in [4.78, 5) is 28.6. The molecule has 2 amide bonds. The van der Waals surface area contributed by atoms with E-state index < -0.39 is 0 Å². The van der Waals surface area contributed by atoms with Crippen molar-refractivity contribution in [3.8, 4) is 0 Å². The average molecular weight is 497 g/mol. The summed E-state index contributed by atoms with van der Waals surface area (Å²) < 4.78 is 1.64. The Bertz CT molecular complexity index is 979. The van der Waals surface area contributed by atoms with Crippen LogP contribution in [0.2, 0.25) is 5.02 Å². The van der Waals surface area contributed by atoms with Crippen molar-refractivity contribution in [2.45, 2.75) is 10.8 Å². The first-order valence-corrected chi connectivity index (χ1v) is 11.2. The molecule has 144 valence electrons. The zero-order chi connectivity index (χ0) is 19.9. The Morgan fingerprint density at radius 1 is 1.07 bits per heavy atom. The number of halogens is 2. The molecule has 0 aliphatic carbocycles. The molecule has 0 fully saturated rings. The van der Waals surface area contributed by atoms with Gasteiger partial charge in [-0.25, -0.2) is 4.98 Å². The van der Waals surface area contributed by atoms with Crippen LogP contribution in [0.3, 0.4) is 0 Å². The van der Waals surface area contributed by atoms with Gasteiger partial charge in [-0.2, -0.15) is 0 Å². The number of rotatable bonds is 7. The molecule has 0 aliphatic heterocycles. The molecule has 0 atom stereocenters. The van der Waals surface area contributed by atoms with E-state index in [1.54, 1.807) is 24.3 Å². The minimum absolute atomic E-state index is 0.128. The molecule has 0 radical (unpaired) electrons. The number of nitrogens with one attached hydrogen (secondary N) is 2. The molecule has 2 aromatic carbocycles. The summed E-state index contributed by atoms with van der Waals surface area (Å²) in [7, 11) is 0. The van der Waals surface area contributed by atoms with Gasteiger partial charge in [0.15, 0.2) is 4.34 Å². The third-order valence-electron chi connectivity index (χ3n) is 3.44. The summed E-state index contributed by atoms with van der Waals surface area (Å²) in [6, 6.07) is 14.3. The third-order valence-corrected chi connectivity index (χ3v) is 6.25. The van der Waals surface area contributed by atoms with Gasteiger partial charge in [-0.1, -0.05) is 45.4 Å². The van der Waals surface area contributed by atoms with E-state index in [9.17, 15) is 9.59 Å². The topological polar surface area (TPSA) is 71.1 Å². The van der Waals surface area contributed by atoms with Crippen LogP contribution in [0.1, 0.15) is 5.69 Å². The predicted molar refractivity (Wildman–Crippen MR) is 119 cm³/mol. The van der Waals surface area contributed by atoms with Crippen LogP contribution in [0, 0.1) is 0 Å². The highest BCUT2D eigenvalue weighted by atomic mass is 79.9. The van der Waals surface area contributed by atoms with E-state index in [1.807, 2.05) is 29.6 Å². The third kappa shape index (κ3) is 6.63. The quantitative estimate of drug-likeness (QED) is 0.425. The summed E-state index contributed by atoms with van der Waals surface area (Å²) in [5.74, 6) is -0.0308. The van der Waals surface area contributed by atoms with Gasteiger partial charge in [-0.3, -0.25) is 9.59 Å². The maximum Gasteiger partial charge on any atom is 0.234 e. The first-order valence-electron chi connectivity index (χ1n) is 8.16. The first-order chi connectivity index (χ1) is 13.5. The van der Waals surface area contributed by atoms with Crippen molar-refractivity contribution in [2.24, 2.45) is 0 Å². The van der Waals surface area contributed by atoms with Crippen LogP contribution >= 0.6 is 50.6 Å². The van der Waals surface area contributed by atoms with Crippen molar-refractivity contribution in [1.82, 2.24) is 4.98 Å². The summed E-state index contributed by atoms with van der Waals surface area (Å²) >= 11 is 12.0. The average Bonchev–Trinajstić information content (AvgIpc) is 3.09. The van der Waals surface area contributed by atoms with Crippen LogP contribution < -0.4 is 10.6 Å². The Labute approximate surface area is 184 Å². The van der Waals surface area contributed by atoms with Crippen molar-refractivity contribution in [3.05, 3.63) is 69.1 Å². The lowest BCUT2D eigenvalue weighted by Gasteiger charge is -2.04. The summed E-state index contributed by atoms with van der Waals surface area (Å²) in [5.41, 5.74) is 2.10. The number of benzene rings is 2. The van der Waals surface area contributed by atoms with E-state index in [2.05, 4.69) is 31.5 Å². The van der Waals surface area contributed by atoms with E-state index in [0.29, 0.717) is 16.4 Å². The lowest BCUT2D eigenvalue weighted by molar-refractivity contribution is -0.116. The highest BCUT2D eigenvalue weighted by Gasteiger charge is 2.10. The molecule has 3 aromatic rings. The molecule has 9 heteroatoms. The molecule has 0 bridgehead atoms. The van der Waals surface area contributed by atoms with Crippen LogP contribution in [0.5, 0.6) is 0 Å². The van der Waals surface area contributed by atoms with Crippen molar-refractivity contribution < 1.29 is 9.59 Å². The van der Waals surface area contributed by atoms with Gasteiger partial charge in [-0.05, 0) is 42.5 Å². The van der Waals surface area contributed by atoms with Crippen molar-refractivity contribution in [3.63, 3.8) is 0 Å². The fraction of sp³-hybridized carbons (Fsp3) is 0.105. The number of carbonyl (C=O) groups is 2. The normalized spacial score (nSPS) is 10.5. The zero-order valence-corrected chi connectivity index (χ0v) is 18.4. The number of aromatic nitrogens is 1. The number of thiazole rings is 1. The molecule has 2 N–H and O–H groups in total. The molecule has 0 saturated carbocycles. The van der Waals surface area contributed by atoms with E-state index in [4.69, 9.17) is 11.6 Å². The molecule has 0 aliphatic rings. The van der Waals surface area contributed by atoms with E-state index >= 15 is 0 Å². The fourth-order valence-electron chi connectivity index (χ4n) is 2.23. The summed E-state index contributed by atoms with van der Waals surface area (Å²) in [6.07, 6.45) is 0.181. The zero-order valence-electron chi connectivity index (χ0n) is 14.4.